The lowest BCUT2D eigenvalue weighted by molar-refractivity contribution is 0.0955. The average Bonchev–Trinajstić information content (AvgIpc) is 2.83. The number of aromatic nitrogens is 1. The minimum atomic E-state index is -0.161. The van der Waals surface area contributed by atoms with Crippen molar-refractivity contribution in [3.8, 4) is 11.5 Å². The van der Waals surface area contributed by atoms with Gasteiger partial charge in [-0.2, -0.15) is 0 Å². The van der Waals surface area contributed by atoms with E-state index in [1.165, 1.54) is 11.7 Å². The Balaban J connectivity index is 2.45. The van der Waals surface area contributed by atoms with E-state index in [2.05, 4.69) is 15.9 Å². The summed E-state index contributed by atoms with van der Waals surface area (Å²) >= 11 is 3.32. The van der Waals surface area contributed by atoms with Crippen molar-refractivity contribution in [2.75, 3.05) is 14.2 Å². The van der Waals surface area contributed by atoms with Gasteiger partial charge in [-0.3, -0.25) is 9.36 Å². The van der Waals surface area contributed by atoms with E-state index in [-0.39, 0.29) is 5.91 Å². The molecule has 2 aromatic rings. The van der Waals surface area contributed by atoms with Crippen molar-refractivity contribution in [3.05, 3.63) is 46.7 Å². The van der Waals surface area contributed by atoms with Crippen LogP contribution in [0, 0.1) is 0 Å². The van der Waals surface area contributed by atoms with Crippen LogP contribution in [-0.4, -0.2) is 24.7 Å². The van der Waals surface area contributed by atoms with Crippen LogP contribution in [0.15, 0.2) is 41.1 Å². The molecule has 0 atom stereocenters. The molecule has 0 fully saturated rings. The summed E-state index contributed by atoms with van der Waals surface area (Å²) in [6.07, 6.45) is 1.69. The molecule has 2 rings (SSSR count). The van der Waals surface area contributed by atoms with Crippen LogP contribution in [0.25, 0.3) is 0 Å². The van der Waals surface area contributed by atoms with Gasteiger partial charge in [-0.1, -0.05) is 0 Å². The lowest BCUT2D eigenvalue weighted by atomic mass is 10.1. The predicted molar refractivity (Wildman–Crippen MR) is 71.4 cm³/mol. The van der Waals surface area contributed by atoms with Gasteiger partial charge in [-0.15, -0.1) is 0 Å². The van der Waals surface area contributed by atoms with E-state index in [1.54, 1.807) is 43.6 Å². The summed E-state index contributed by atoms with van der Waals surface area (Å²) in [5.74, 6) is 0.973. The van der Waals surface area contributed by atoms with E-state index in [4.69, 9.17) is 9.47 Å². The molecule has 1 aromatic carbocycles. The van der Waals surface area contributed by atoms with Gasteiger partial charge in [0.2, 0.25) is 0 Å². The summed E-state index contributed by atoms with van der Waals surface area (Å²) in [7, 11) is 3.09. The maximum Gasteiger partial charge on any atom is 0.266 e. The summed E-state index contributed by atoms with van der Waals surface area (Å²) < 4.78 is 12.5. The van der Waals surface area contributed by atoms with Gasteiger partial charge in [0.1, 0.15) is 11.5 Å². The van der Waals surface area contributed by atoms with E-state index in [1.807, 2.05) is 0 Å². The van der Waals surface area contributed by atoms with Gasteiger partial charge in [0, 0.05) is 12.3 Å². The molecule has 18 heavy (non-hydrogen) atoms. The van der Waals surface area contributed by atoms with E-state index < -0.39 is 0 Å². The molecule has 0 aliphatic carbocycles. The Morgan fingerprint density at radius 2 is 2.00 bits per heavy atom. The largest absolute Gasteiger partial charge is 0.497 e. The Bertz CT molecular complexity index is 577. The molecule has 0 bridgehead atoms. The highest BCUT2D eigenvalue weighted by atomic mass is 79.9. The summed E-state index contributed by atoms with van der Waals surface area (Å²) in [6.45, 7) is 0. The number of carbonyl (C=O) groups excluding carboxylic acids is 1. The molecule has 1 heterocycles. The zero-order chi connectivity index (χ0) is 13.1. The molecule has 94 valence electrons. The number of ether oxygens (including phenoxy) is 2. The van der Waals surface area contributed by atoms with Gasteiger partial charge >= 0.3 is 0 Å². The highest BCUT2D eigenvalue weighted by molar-refractivity contribution is 9.10. The second-order valence-electron chi connectivity index (χ2n) is 3.57. The second kappa shape index (κ2) is 5.27. The summed E-state index contributed by atoms with van der Waals surface area (Å²) in [5, 5.41) is 0. The maximum atomic E-state index is 12.3. The fraction of sp³-hybridized carbons (Fsp3) is 0.154. The van der Waals surface area contributed by atoms with Crippen LogP contribution in [0.4, 0.5) is 0 Å². The van der Waals surface area contributed by atoms with E-state index in [0.29, 0.717) is 21.7 Å². The Morgan fingerprint density at radius 3 is 2.56 bits per heavy atom. The van der Waals surface area contributed by atoms with Gasteiger partial charge in [-0.05, 0) is 40.2 Å². The van der Waals surface area contributed by atoms with Crippen molar-refractivity contribution in [3.63, 3.8) is 0 Å². The number of hydrogen-bond donors (Lipinski definition) is 0. The fourth-order valence-corrected chi connectivity index (χ4v) is 2.06. The number of halogens is 1. The Morgan fingerprint density at radius 1 is 1.22 bits per heavy atom. The monoisotopic (exact) mass is 309 g/mol. The van der Waals surface area contributed by atoms with Crippen LogP contribution in [0.2, 0.25) is 0 Å². The molecule has 4 nitrogen and oxygen atoms in total. The zero-order valence-corrected chi connectivity index (χ0v) is 11.6. The molecule has 0 aliphatic rings. The standard InChI is InChI=1S/C13H12BrNO3/c1-17-9-5-6-10(11(8-9)18-2)13(16)15-7-3-4-12(15)14/h3-8H,1-2H3. The first-order chi connectivity index (χ1) is 8.67. The first kappa shape index (κ1) is 12.7. The van der Waals surface area contributed by atoms with Crippen LogP contribution < -0.4 is 9.47 Å². The summed E-state index contributed by atoms with van der Waals surface area (Å²) in [6, 6.07) is 8.69. The minimum Gasteiger partial charge on any atom is -0.497 e. The summed E-state index contributed by atoms with van der Waals surface area (Å²) in [4.78, 5) is 12.3. The number of benzene rings is 1. The smallest absolute Gasteiger partial charge is 0.266 e. The van der Waals surface area contributed by atoms with Gasteiger partial charge in [0.15, 0.2) is 0 Å². The number of methoxy groups -OCH3 is 2. The average molecular weight is 310 g/mol. The van der Waals surface area contributed by atoms with Crippen LogP contribution in [0.5, 0.6) is 11.5 Å². The first-order valence-corrected chi connectivity index (χ1v) is 6.06. The number of hydrogen-bond acceptors (Lipinski definition) is 3. The number of carbonyl (C=O) groups is 1. The Kier molecular flexibility index (Phi) is 3.72. The molecule has 0 saturated carbocycles. The van der Waals surface area contributed by atoms with Crippen molar-refractivity contribution in [2.45, 2.75) is 0 Å². The number of nitrogens with zero attached hydrogens (tertiary/aromatic N) is 1. The van der Waals surface area contributed by atoms with Crippen LogP contribution in [-0.2, 0) is 0 Å². The molecule has 0 aliphatic heterocycles. The van der Waals surface area contributed by atoms with Crippen molar-refractivity contribution < 1.29 is 14.3 Å². The maximum absolute atomic E-state index is 12.3. The van der Waals surface area contributed by atoms with E-state index in [9.17, 15) is 4.79 Å². The zero-order valence-electron chi connectivity index (χ0n) is 10.0. The van der Waals surface area contributed by atoms with Crippen molar-refractivity contribution in [1.82, 2.24) is 4.57 Å². The highest BCUT2D eigenvalue weighted by Crippen LogP contribution is 2.26. The van der Waals surface area contributed by atoms with Gasteiger partial charge in [-0.25, -0.2) is 0 Å². The molecule has 0 radical (unpaired) electrons. The molecule has 0 saturated heterocycles. The van der Waals surface area contributed by atoms with Crippen LogP contribution >= 0.6 is 15.9 Å². The second-order valence-corrected chi connectivity index (χ2v) is 4.38. The highest BCUT2D eigenvalue weighted by Gasteiger charge is 2.16. The SMILES string of the molecule is COc1ccc(C(=O)n2cccc2Br)c(OC)c1. The van der Waals surface area contributed by atoms with Crippen molar-refractivity contribution in [2.24, 2.45) is 0 Å². The molecular weight excluding hydrogens is 298 g/mol. The van der Waals surface area contributed by atoms with Gasteiger partial charge in [0.05, 0.1) is 24.4 Å². The van der Waals surface area contributed by atoms with Crippen molar-refractivity contribution in [1.29, 1.82) is 0 Å². The number of rotatable bonds is 3. The lowest BCUT2D eigenvalue weighted by Gasteiger charge is -2.10. The lowest BCUT2D eigenvalue weighted by Crippen LogP contribution is -2.12. The fourth-order valence-electron chi connectivity index (χ4n) is 1.63. The normalized spacial score (nSPS) is 10.2. The van der Waals surface area contributed by atoms with Crippen LogP contribution in [0.1, 0.15) is 10.4 Å². The molecular formula is C13H12BrNO3. The van der Waals surface area contributed by atoms with Crippen LogP contribution in [0.3, 0.4) is 0 Å². The summed E-state index contributed by atoms with van der Waals surface area (Å²) in [5.41, 5.74) is 0.482. The molecule has 0 amide bonds. The molecule has 0 N–H and O–H groups in total. The molecule has 1 aromatic heterocycles. The Hall–Kier alpha value is -1.75. The van der Waals surface area contributed by atoms with Crippen molar-refractivity contribution >= 4 is 21.8 Å². The first-order valence-electron chi connectivity index (χ1n) is 5.27. The minimum absolute atomic E-state index is 0.161. The predicted octanol–water partition coefficient (Wildman–Crippen LogP) is 2.96. The third-order valence-corrected chi connectivity index (χ3v) is 3.20. The molecule has 0 spiro atoms. The quantitative estimate of drug-likeness (QED) is 0.875. The topological polar surface area (TPSA) is 40.5 Å². The van der Waals surface area contributed by atoms with Gasteiger partial charge in [0.25, 0.3) is 5.91 Å². The van der Waals surface area contributed by atoms with E-state index in [0.717, 1.165) is 0 Å². The van der Waals surface area contributed by atoms with E-state index >= 15 is 0 Å². The Labute approximate surface area is 113 Å². The third kappa shape index (κ3) is 2.26. The van der Waals surface area contributed by atoms with Gasteiger partial charge < -0.3 is 9.47 Å². The molecule has 0 unspecified atom stereocenters. The molecule has 5 heteroatoms. The third-order valence-electron chi connectivity index (χ3n) is 2.56.